The molecule has 2 aromatic carbocycles. The average molecular weight is 474 g/mol. The Balaban J connectivity index is 1.64. The van der Waals surface area contributed by atoms with E-state index >= 15 is 0 Å². The maximum Gasteiger partial charge on any atom is 0.258 e. The van der Waals surface area contributed by atoms with Gasteiger partial charge in [-0.1, -0.05) is 37.6 Å². The minimum atomic E-state index is -0.206. The monoisotopic (exact) mass is 473 g/mol. The number of rotatable bonds is 10. The van der Waals surface area contributed by atoms with E-state index in [1.165, 1.54) is 0 Å². The zero-order valence-corrected chi connectivity index (χ0v) is 20.5. The van der Waals surface area contributed by atoms with E-state index in [-0.39, 0.29) is 11.5 Å². The van der Waals surface area contributed by atoms with Gasteiger partial charge >= 0.3 is 0 Å². The normalized spacial score (nSPS) is 11.1. The average Bonchev–Trinajstić information content (AvgIpc) is 2.88. The first kappa shape index (κ1) is 24.3. The lowest BCUT2D eigenvalue weighted by molar-refractivity contribution is 0.0954. The lowest BCUT2D eigenvalue weighted by Crippen LogP contribution is -2.28. The van der Waals surface area contributed by atoms with Crippen LogP contribution in [0.1, 0.15) is 42.7 Å². The maximum absolute atomic E-state index is 13.0. The number of aryl methyl sites for hydroxylation is 1. The van der Waals surface area contributed by atoms with Crippen molar-refractivity contribution in [3.63, 3.8) is 0 Å². The molecule has 2 heterocycles. The third kappa shape index (κ3) is 5.29. The van der Waals surface area contributed by atoms with Gasteiger partial charge in [0, 0.05) is 42.2 Å². The van der Waals surface area contributed by atoms with E-state index in [9.17, 15) is 9.59 Å². The van der Waals surface area contributed by atoms with Crippen LogP contribution in [-0.2, 0) is 13.0 Å². The Morgan fingerprint density at radius 1 is 1.06 bits per heavy atom. The topological polar surface area (TPSA) is 82.5 Å². The number of amides is 1. The summed E-state index contributed by atoms with van der Waals surface area (Å²) in [4.78, 5) is 30.7. The molecule has 0 fully saturated rings. The van der Waals surface area contributed by atoms with Crippen LogP contribution in [0.5, 0.6) is 11.5 Å². The molecule has 4 rings (SSSR count). The summed E-state index contributed by atoms with van der Waals surface area (Å²) in [6, 6.07) is 15.4. The van der Waals surface area contributed by atoms with E-state index < -0.39 is 0 Å². The molecule has 35 heavy (non-hydrogen) atoms. The Morgan fingerprint density at radius 3 is 2.63 bits per heavy atom. The van der Waals surface area contributed by atoms with Crippen molar-refractivity contribution in [3.8, 4) is 11.5 Å². The summed E-state index contributed by atoms with van der Waals surface area (Å²) < 4.78 is 13.2. The van der Waals surface area contributed by atoms with Crippen LogP contribution in [-0.4, -0.2) is 35.7 Å². The van der Waals surface area contributed by atoms with Gasteiger partial charge in [0.2, 0.25) is 0 Å². The minimum Gasteiger partial charge on any atom is -0.493 e. The number of carbonyl (C=O) groups is 1. The van der Waals surface area contributed by atoms with Crippen molar-refractivity contribution in [2.45, 2.75) is 39.7 Å². The van der Waals surface area contributed by atoms with Crippen molar-refractivity contribution < 1.29 is 14.3 Å². The summed E-state index contributed by atoms with van der Waals surface area (Å²) in [5.41, 5.74) is 2.14. The van der Waals surface area contributed by atoms with Gasteiger partial charge in [0.25, 0.3) is 11.5 Å². The Hall–Kier alpha value is -3.87. The maximum atomic E-state index is 13.0. The Kier molecular flexibility index (Phi) is 7.65. The number of nitrogens with zero attached hydrogens (tertiary/aromatic N) is 2. The van der Waals surface area contributed by atoms with Crippen LogP contribution < -0.4 is 20.3 Å². The van der Waals surface area contributed by atoms with Gasteiger partial charge in [0.15, 0.2) is 11.5 Å². The molecule has 7 nitrogen and oxygen atoms in total. The summed E-state index contributed by atoms with van der Waals surface area (Å²) in [5, 5.41) is 5.02. The zero-order chi connectivity index (χ0) is 24.8. The van der Waals surface area contributed by atoms with Crippen LogP contribution >= 0.6 is 0 Å². The van der Waals surface area contributed by atoms with Gasteiger partial charge in [0.1, 0.15) is 0 Å². The van der Waals surface area contributed by atoms with E-state index in [1.54, 1.807) is 30.0 Å². The Morgan fingerprint density at radius 2 is 1.86 bits per heavy atom. The van der Waals surface area contributed by atoms with Crippen molar-refractivity contribution in [3.05, 3.63) is 76.3 Å². The van der Waals surface area contributed by atoms with E-state index in [0.717, 1.165) is 29.4 Å². The third-order valence-corrected chi connectivity index (χ3v) is 6.04. The summed E-state index contributed by atoms with van der Waals surface area (Å²) >= 11 is 0. The fourth-order valence-corrected chi connectivity index (χ4v) is 4.07. The first-order valence-corrected chi connectivity index (χ1v) is 12.1. The number of fused-ring (bicyclic) bond motifs is 2. The van der Waals surface area contributed by atoms with Crippen LogP contribution in [0.3, 0.4) is 0 Å². The van der Waals surface area contributed by atoms with E-state index in [4.69, 9.17) is 14.5 Å². The van der Waals surface area contributed by atoms with E-state index in [1.807, 2.05) is 37.3 Å². The van der Waals surface area contributed by atoms with Gasteiger partial charge in [-0.25, -0.2) is 0 Å². The molecular formula is C28H31N3O4. The molecule has 182 valence electrons. The van der Waals surface area contributed by atoms with Gasteiger partial charge in [-0.05, 0) is 37.6 Å². The van der Waals surface area contributed by atoms with Crippen molar-refractivity contribution in [2.75, 3.05) is 20.3 Å². The number of hydrogen-bond acceptors (Lipinski definition) is 5. The van der Waals surface area contributed by atoms with Gasteiger partial charge < -0.3 is 19.4 Å². The number of nitrogens with one attached hydrogen (secondary N) is 1. The van der Waals surface area contributed by atoms with Gasteiger partial charge in [-0.15, -0.1) is 0 Å². The molecule has 0 bridgehead atoms. The highest BCUT2D eigenvalue weighted by Gasteiger charge is 2.18. The molecule has 4 aromatic rings. The predicted octanol–water partition coefficient (Wildman–Crippen LogP) is 4.73. The van der Waals surface area contributed by atoms with Crippen molar-refractivity contribution in [2.24, 2.45) is 0 Å². The number of para-hydroxylation sites is 1. The first-order valence-electron chi connectivity index (χ1n) is 12.1. The SMILES string of the molecule is CCCCNC(=O)c1cn(CC)c(=O)c2cc(OC)c(OCCc3ccc4ccccc4n3)cc12. The van der Waals surface area contributed by atoms with Crippen molar-refractivity contribution >= 4 is 27.6 Å². The van der Waals surface area contributed by atoms with Gasteiger partial charge in [-0.2, -0.15) is 0 Å². The van der Waals surface area contributed by atoms with Crippen LogP contribution in [0.25, 0.3) is 21.7 Å². The second kappa shape index (κ2) is 11.0. The van der Waals surface area contributed by atoms with Crippen LogP contribution in [0, 0.1) is 0 Å². The lowest BCUT2D eigenvalue weighted by atomic mass is 10.1. The zero-order valence-electron chi connectivity index (χ0n) is 20.5. The second-order valence-electron chi connectivity index (χ2n) is 8.39. The number of carbonyl (C=O) groups excluding carboxylic acids is 1. The number of methoxy groups -OCH3 is 1. The molecule has 1 N–H and O–H groups in total. The molecule has 0 aliphatic heterocycles. The number of aromatic nitrogens is 2. The highest BCUT2D eigenvalue weighted by molar-refractivity contribution is 6.07. The number of hydrogen-bond donors (Lipinski definition) is 1. The molecule has 0 aliphatic carbocycles. The Bertz CT molecular complexity index is 1410. The first-order chi connectivity index (χ1) is 17.0. The summed E-state index contributed by atoms with van der Waals surface area (Å²) in [7, 11) is 1.54. The minimum absolute atomic E-state index is 0.169. The highest BCUT2D eigenvalue weighted by Crippen LogP contribution is 2.33. The number of pyridine rings is 2. The fraction of sp³-hybridized carbons (Fsp3) is 0.321. The smallest absolute Gasteiger partial charge is 0.258 e. The Labute approximate surface area is 204 Å². The quantitative estimate of drug-likeness (QED) is 0.337. The largest absolute Gasteiger partial charge is 0.493 e. The molecule has 0 aliphatic rings. The molecule has 1 amide bonds. The molecule has 7 heteroatoms. The molecular weight excluding hydrogens is 442 g/mol. The molecule has 2 aromatic heterocycles. The second-order valence-corrected chi connectivity index (χ2v) is 8.39. The number of ether oxygens (including phenoxy) is 2. The fourth-order valence-electron chi connectivity index (χ4n) is 4.07. The third-order valence-electron chi connectivity index (χ3n) is 6.04. The summed E-state index contributed by atoms with van der Waals surface area (Å²) in [6.07, 6.45) is 4.10. The lowest BCUT2D eigenvalue weighted by Gasteiger charge is -2.15. The van der Waals surface area contributed by atoms with E-state index in [2.05, 4.69) is 18.3 Å². The molecule has 0 unspecified atom stereocenters. The van der Waals surface area contributed by atoms with Crippen molar-refractivity contribution in [1.82, 2.24) is 14.9 Å². The van der Waals surface area contributed by atoms with Gasteiger partial charge in [-0.3, -0.25) is 14.6 Å². The van der Waals surface area contributed by atoms with Crippen LogP contribution in [0.2, 0.25) is 0 Å². The molecule has 0 radical (unpaired) electrons. The standard InChI is InChI=1S/C28H31N3O4/c1-4-6-14-29-27(32)23-18-31(5-2)28(33)22-17-25(34-3)26(16-21(22)23)35-15-13-20-12-11-19-9-7-8-10-24(19)30-20/h7-12,16-18H,4-6,13-15H2,1-3H3,(H,29,32). The number of benzene rings is 2. The predicted molar refractivity (Wildman–Crippen MR) is 139 cm³/mol. The van der Waals surface area contributed by atoms with E-state index in [0.29, 0.717) is 54.0 Å². The van der Waals surface area contributed by atoms with Crippen molar-refractivity contribution in [1.29, 1.82) is 0 Å². The molecule has 0 spiro atoms. The molecule has 0 atom stereocenters. The number of unbranched alkanes of at least 4 members (excludes halogenated alkanes) is 1. The van der Waals surface area contributed by atoms with Crippen LogP contribution in [0.15, 0.2) is 59.5 Å². The molecule has 0 saturated carbocycles. The van der Waals surface area contributed by atoms with Gasteiger partial charge in [0.05, 0.1) is 30.2 Å². The summed E-state index contributed by atoms with van der Waals surface area (Å²) in [6.45, 7) is 5.37. The highest BCUT2D eigenvalue weighted by atomic mass is 16.5. The molecule has 0 saturated heterocycles. The van der Waals surface area contributed by atoms with Crippen LogP contribution in [0.4, 0.5) is 0 Å². The summed E-state index contributed by atoms with van der Waals surface area (Å²) in [5.74, 6) is 0.728.